The van der Waals surface area contributed by atoms with Crippen molar-refractivity contribution >= 4 is 12.6 Å². The van der Waals surface area contributed by atoms with Crippen LogP contribution in [0.15, 0.2) is 18.2 Å². The maximum atomic E-state index is 10.9. The number of aldehydes is 2. The SMILES string of the molecule is CC1CC2(C1)CC(OCCCCOc1ccc(C=O)c(C=O)c1)C2. The van der Waals surface area contributed by atoms with Crippen LogP contribution in [0.3, 0.4) is 0 Å². The Balaban J connectivity index is 1.27. The van der Waals surface area contributed by atoms with Gasteiger partial charge in [0.15, 0.2) is 12.6 Å². The number of unbranched alkanes of at least 4 members (excludes halogenated alkanes) is 1. The Bertz CT molecular complexity index is 581. The fraction of sp³-hybridized carbons (Fsp3) is 0.600. The summed E-state index contributed by atoms with van der Waals surface area (Å²) in [5.74, 6) is 1.55. The standard InChI is InChI=1S/C20H26O4/c1-15-9-20(10-15)11-19(12-20)24-7-3-2-6-23-18-5-4-16(13-21)17(8-18)14-22/h4-5,8,13-15,19H,2-3,6-7,9-12H2,1H3. The van der Waals surface area contributed by atoms with Crippen molar-refractivity contribution in [2.45, 2.75) is 51.6 Å². The van der Waals surface area contributed by atoms with Gasteiger partial charge in [-0.05, 0) is 68.1 Å². The molecule has 0 aliphatic heterocycles. The van der Waals surface area contributed by atoms with E-state index in [0.29, 0.717) is 47.6 Å². The third-order valence-corrected chi connectivity index (χ3v) is 5.36. The molecule has 4 heteroatoms. The van der Waals surface area contributed by atoms with E-state index in [1.807, 2.05) is 0 Å². The van der Waals surface area contributed by atoms with E-state index < -0.39 is 0 Å². The molecule has 0 N–H and O–H groups in total. The highest BCUT2D eigenvalue weighted by molar-refractivity contribution is 5.90. The van der Waals surface area contributed by atoms with E-state index in [1.165, 1.54) is 25.7 Å². The van der Waals surface area contributed by atoms with Crippen LogP contribution in [0, 0.1) is 11.3 Å². The topological polar surface area (TPSA) is 52.6 Å². The number of rotatable bonds is 9. The Morgan fingerprint density at radius 1 is 1.04 bits per heavy atom. The first kappa shape index (κ1) is 17.2. The average Bonchev–Trinajstić information content (AvgIpc) is 2.53. The van der Waals surface area contributed by atoms with Crippen LogP contribution in [0.25, 0.3) is 0 Å². The molecule has 0 aromatic heterocycles. The Labute approximate surface area is 143 Å². The molecule has 1 aromatic rings. The highest BCUT2D eigenvalue weighted by atomic mass is 16.5. The summed E-state index contributed by atoms with van der Waals surface area (Å²) in [7, 11) is 0. The van der Waals surface area contributed by atoms with Gasteiger partial charge in [-0.1, -0.05) is 6.92 Å². The van der Waals surface area contributed by atoms with Crippen molar-refractivity contribution in [3.63, 3.8) is 0 Å². The molecule has 2 aliphatic carbocycles. The van der Waals surface area contributed by atoms with Crippen molar-refractivity contribution in [1.82, 2.24) is 0 Å². The van der Waals surface area contributed by atoms with Gasteiger partial charge in [-0.2, -0.15) is 0 Å². The lowest BCUT2D eigenvalue weighted by molar-refractivity contribution is -0.135. The van der Waals surface area contributed by atoms with E-state index in [4.69, 9.17) is 9.47 Å². The van der Waals surface area contributed by atoms with E-state index in [0.717, 1.165) is 25.4 Å². The third-order valence-electron chi connectivity index (χ3n) is 5.36. The summed E-state index contributed by atoms with van der Waals surface area (Å²) >= 11 is 0. The zero-order valence-electron chi connectivity index (χ0n) is 14.3. The molecule has 0 radical (unpaired) electrons. The van der Waals surface area contributed by atoms with E-state index >= 15 is 0 Å². The number of carbonyl (C=O) groups is 2. The molecule has 0 heterocycles. The minimum atomic E-state index is 0.370. The van der Waals surface area contributed by atoms with Crippen molar-refractivity contribution in [2.75, 3.05) is 13.2 Å². The Morgan fingerprint density at radius 3 is 2.42 bits per heavy atom. The predicted molar refractivity (Wildman–Crippen MR) is 91.8 cm³/mol. The van der Waals surface area contributed by atoms with Gasteiger partial charge in [-0.15, -0.1) is 0 Å². The lowest BCUT2D eigenvalue weighted by atomic mass is 9.51. The molecular formula is C20H26O4. The van der Waals surface area contributed by atoms with Crippen molar-refractivity contribution in [2.24, 2.45) is 11.3 Å². The molecule has 130 valence electrons. The molecule has 24 heavy (non-hydrogen) atoms. The summed E-state index contributed by atoms with van der Waals surface area (Å²) in [6, 6.07) is 4.95. The normalized spacial score (nSPS) is 28.0. The van der Waals surface area contributed by atoms with Gasteiger partial charge in [0.1, 0.15) is 5.75 Å². The molecule has 0 atom stereocenters. The van der Waals surface area contributed by atoms with Crippen LogP contribution in [-0.4, -0.2) is 31.9 Å². The van der Waals surface area contributed by atoms with Gasteiger partial charge in [-0.25, -0.2) is 0 Å². The van der Waals surface area contributed by atoms with Crippen molar-refractivity contribution < 1.29 is 19.1 Å². The fourth-order valence-corrected chi connectivity index (χ4v) is 4.27. The fourth-order valence-electron chi connectivity index (χ4n) is 4.27. The first-order valence-electron chi connectivity index (χ1n) is 8.93. The van der Waals surface area contributed by atoms with Gasteiger partial charge in [0.25, 0.3) is 0 Å². The van der Waals surface area contributed by atoms with Gasteiger partial charge in [0, 0.05) is 17.7 Å². The van der Waals surface area contributed by atoms with Crippen LogP contribution in [0.1, 0.15) is 66.2 Å². The molecular weight excluding hydrogens is 304 g/mol. The van der Waals surface area contributed by atoms with Crippen molar-refractivity contribution in [3.05, 3.63) is 29.3 Å². The molecule has 2 aliphatic rings. The molecule has 1 aromatic carbocycles. The van der Waals surface area contributed by atoms with Gasteiger partial charge in [0.2, 0.25) is 0 Å². The van der Waals surface area contributed by atoms with Crippen LogP contribution in [0.2, 0.25) is 0 Å². The van der Waals surface area contributed by atoms with E-state index in [-0.39, 0.29) is 0 Å². The highest BCUT2D eigenvalue weighted by Gasteiger charge is 2.51. The molecule has 3 rings (SSSR count). The summed E-state index contributed by atoms with van der Waals surface area (Å²) in [5, 5.41) is 0. The molecule has 0 amide bonds. The van der Waals surface area contributed by atoms with Crippen molar-refractivity contribution in [1.29, 1.82) is 0 Å². The van der Waals surface area contributed by atoms with Crippen LogP contribution >= 0.6 is 0 Å². The van der Waals surface area contributed by atoms with Gasteiger partial charge < -0.3 is 9.47 Å². The van der Waals surface area contributed by atoms with E-state index in [1.54, 1.807) is 18.2 Å². The molecule has 1 spiro atoms. The molecule has 0 saturated heterocycles. The monoisotopic (exact) mass is 330 g/mol. The van der Waals surface area contributed by atoms with Gasteiger partial charge in [0.05, 0.1) is 12.7 Å². The Hall–Kier alpha value is -1.68. The number of carbonyl (C=O) groups excluding carboxylic acids is 2. The Morgan fingerprint density at radius 2 is 1.75 bits per heavy atom. The Kier molecular flexibility index (Phi) is 5.34. The van der Waals surface area contributed by atoms with Crippen molar-refractivity contribution in [3.8, 4) is 5.75 Å². The smallest absolute Gasteiger partial charge is 0.150 e. The maximum absolute atomic E-state index is 10.9. The summed E-state index contributed by atoms with van der Waals surface area (Å²) in [6.45, 7) is 3.72. The predicted octanol–water partition coefficient (Wildman–Crippen LogP) is 4.07. The molecule has 0 unspecified atom stereocenters. The number of hydrogen-bond acceptors (Lipinski definition) is 4. The first-order valence-corrected chi connectivity index (χ1v) is 8.93. The quantitative estimate of drug-likeness (QED) is 0.506. The summed E-state index contributed by atoms with van der Waals surface area (Å²) in [5.41, 5.74) is 1.41. The molecule has 2 fully saturated rings. The first-order chi connectivity index (χ1) is 11.6. The van der Waals surface area contributed by atoms with Crippen LogP contribution in [0.4, 0.5) is 0 Å². The molecule has 4 nitrogen and oxygen atoms in total. The summed E-state index contributed by atoms with van der Waals surface area (Å²) < 4.78 is 11.6. The lowest BCUT2D eigenvalue weighted by Crippen LogP contribution is -2.50. The van der Waals surface area contributed by atoms with Crippen LogP contribution < -0.4 is 4.74 Å². The second kappa shape index (κ2) is 7.47. The summed E-state index contributed by atoms with van der Waals surface area (Å²) in [4.78, 5) is 21.7. The van der Waals surface area contributed by atoms with Gasteiger partial charge in [-0.3, -0.25) is 9.59 Å². The van der Waals surface area contributed by atoms with Crippen LogP contribution in [-0.2, 0) is 4.74 Å². The second-order valence-electron chi connectivity index (χ2n) is 7.50. The average molecular weight is 330 g/mol. The zero-order chi connectivity index (χ0) is 17.0. The lowest BCUT2D eigenvalue weighted by Gasteiger charge is -2.56. The second-order valence-corrected chi connectivity index (χ2v) is 7.50. The number of ether oxygens (including phenoxy) is 2. The zero-order valence-corrected chi connectivity index (χ0v) is 14.3. The largest absolute Gasteiger partial charge is 0.494 e. The number of benzene rings is 1. The van der Waals surface area contributed by atoms with Gasteiger partial charge >= 0.3 is 0 Å². The van der Waals surface area contributed by atoms with Crippen LogP contribution in [0.5, 0.6) is 5.75 Å². The number of hydrogen-bond donors (Lipinski definition) is 0. The minimum Gasteiger partial charge on any atom is -0.494 e. The maximum Gasteiger partial charge on any atom is 0.150 e. The highest BCUT2D eigenvalue weighted by Crippen LogP contribution is 2.59. The van der Waals surface area contributed by atoms with E-state index in [9.17, 15) is 9.59 Å². The molecule has 2 saturated carbocycles. The van der Waals surface area contributed by atoms with E-state index in [2.05, 4.69) is 6.92 Å². The summed E-state index contributed by atoms with van der Waals surface area (Å²) in [6.07, 6.45) is 9.03. The minimum absolute atomic E-state index is 0.370. The third kappa shape index (κ3) is 3.86. The molecule has 0 bridgehead atoms.